The lowest BCUT2D eigenvalue weighted by atomic mass is 9.90. The maximum atomic E-state index is 9.69. The van der Waals surface area contributed by atoms with Crippen LogP contribution in [0.4, 0.5) is 0 Å². The maximum absolute atomic E-state index is 9.69. The molecule has 0 atom stereocenters. The Balaban J connectivity index is 1.40. The SMILES string of the molecule is N#Cc1ccccc1-c1ccc(-c2ccc(C(N=Cc3ccccc3)=NC(=N)c3ccccc3)cc2)c2ccccc12. The van der Waals surface area contributed by atoms with Gasteiger partial charge in [0, 0.05) is 22.9 Å². The molecular formula is C38H26N4. The van der Waals surface area contributed by atoms with E-state index in [0.29, 0.717) is 11.4 Å². The molecule has 0 radical (unpaired) electrons. The van der Waals surface area contributed by atoms with Crippen LogP contribution in [0, 0.1) is 16.7 Å². The fourth-order valence-electron chi connectivity index (χ4n) is 5.01. The molecule has 0 amide bonds. The van der Waals surface area contributed by atoms with Crippen molar-refractivity contribution in [1.82, 2.24) is 0 Å². The molecule has 0 heterocycles. The van der Waals surface area contributed by atoms with E-state index in [1.54, 1.807) is 6.21 Å². The molecule has 6 aromatic carbocycles. The summed E-state index contributed by atoms with van der Waals surface area (Å²) in [5.41, 5.74) is 7.27. The lowest BCUT2D eigenvalue weighted by molar-refractivity contribution is 1.40. The normalized spacial score (nSPS) is 11.5. The van der Waals surface area contributed by atoms with Crippen LogP contribution in [-0.4, -0.2) is 17.9 Å². The van der Waals surface area contributed by atoms with Crippen LogP contribution in [-0.2, 0) is 0 Å². The lowest BCUT2D eigenvalue weighted by Crippen LogP contribution is -2.04. The van der Waals surface area contributed by atoms with E-state index in [1.807, 2.05) is 109 Å². The van der Waals surface area contributed by atoms with Gasteiger partial charge < -0.3 is 0 Å². The van der Waals surface area contributed by atoms with Gasteiger partial charge in [0.25, 0.3) is 0 Å². The molecule has 0 aliphatic heterocycles. The van der Waals surface area contributed by atoms with E-state index in [-0.39, 0.29) is 5.84 Å². The number of rotatable bonds is 5. The summed E-state index contributed by atoms with van der Waals surface area (Å²) in [5, 5.41) is 20.5. The summed E-state index contributed by atoms with van der Waals surface area (Å²) in [6.07, 6.45) is 1.77. The van der Waals surface area contributed by atoms with Gasteiger partial charge in [0.15, 0.2) is 11.7 Å². The third-order valence-electron chi connectivity index (χ3n) is 7.12. The van der Waals surface area contributed by atoms with E-state index in [0.717, 1.165) is 49.7 Å². The molecule has 0 bridgehead atoms. The molecule has 42 heavy (non-hydrogen) atoms. The molecule has 4 nitrogen and oxygen atoms in total. The number of aliphatic imine (C=N–C) groups is 2. The van der Waals surface area contributed by atoms with Crippen LogP contribution in [0.3, 0.4) is 0 Å². The molecule has 0 spiro atoms. The Bertz CT molecular complexity index is 1980. The van der Waals surface area contributed by atoms with Crippen LogP contribution in [0.15, 0.2) is 156 Å². The zero-order valence-electron chi connectivity index (χ0n) is 22.8. The quantitative estimate of drug-likeness (QED) is 0.173. The van der Waals surface area contributed by atoms with Gasteiger partial charge in [0.1, 0.15) is 0 Å². The second kappa shape index (κ2) is 12.1. The van der Waals surface area contributed by atoms with Crippen molar-refractivity contribution in [1.29, 1.82) is 10.7 Å². The Morgan fingerprint density at radius 2 is 1.17 bits per heavy atom. The summed E-state index contributed by atoms with van der Waals surface area (Å²) in [6, 6.07) is 50.0. The summed E-state index contributed by atoms with van der Waals surface area (Å²) in [4.78, 5) is 9.32. The largest absolute Gasteiger partial charge is 0.282 e. The van der Waals surface area contributed by atoms with E-state index in [1.165, 1.54) is 0 Å². The fraction of sp³-hybridized carbons (Fsp3) is 0. The molecule has 4 heteroatoms. The van der Waals surface area contributed by atoms with Crippen molar-refractivity contribution in [3.8, 4) is 28.3 Å². The Kier molecular flexibility index (Phi) is 7.57. The highest BCUT2D eigenvalue weighted by molar-refractivity contribution is 6.13. The summed E-state index contributed by atoms with van der Waals surface area (Å²) >= 11 is 0. The molecule has 0 fully saturated rings. The molecule has 0 aliphatic rings. The molecule has 6 rings (SSSR count). The summed E-state index contributed by atoms with van der Waals surface area (Å²) in [7, 11) is 0. The highest BCUT2D eigenvalue weighted by Crippen LogP contribution is 2.36. The number of hydrogen-bond donors (Lipinski definition) is 1. The summed E-state index contributed by atoms with van der Waals surface area (Å²) in [5.74, 6) is 0.617. The van der Waals surface area contributed by atoms with Gasteiger partial charge in [-0.1, -0.05) is 140 Å². The van der Waals surface area contributed by atoms with Crippen molar-refractivity contribution in [2.75, 3.05) is 0 Å². The molecule has 198 valence electrons. The monoisotopic (exact) mass is 538 g/mol. The van der Waals surface area contributed by atoms with E-state index in [4.69, 9.17) is 10.4 Å². The van der Waals surface area contributed by atoms with Gasteiger partial charge in [-0.05, 0) is 39.1 Å². The third-order valence-corrected chi connectivity index (χ3v) is 7.12. The minimum absolute atomic E-state index is 0.152. The third kappa shape index (κ3) is 5.54. The van der Waals surface area contributed by atoms with Crippen molar-refractivity contribution in [3.05, 3.63) is 168 Å². The minimum atomic E-state index is 0.152. The van der Waals surface area contributed by atoms with Gasteiger partial charge in [-0.15, -0.1) is 0 Å². The van der Waals surface area contributed by atoms with Gasteiger partial charge in [-0.3, -0.25) is 5.41 Å². The zero-order chi connectivity index (χ0) is 28.7. The first-order valence-corrected chi connectivity index (χ1v) is 13.6. The molecule has 0 saturated heterocycles. The highest BCUT2D eigenvalue weighted by Gasteiger charge is 2.13. The first kappa shape index (κ1) is 26.3. The standard InChI is InChI=1S/C38H26N4/c39-25-31-15-7-8-16-32(31)36-24-23-33(34-17-9-10-18-35(34)36)28-19-21-30(22-20-28)38(41-26-27-11-3-1-4-12-27)42-37(40)29-13-5-2-6-14-29/h1-24,26,40H. The highest BCUT2D eigenvalue weighted by atomic mass is 14.9. The second-order valence-corrected chi connectivity index (χ2v) is 9.76. The van der Waals surface area contributed by atoms with Crippen molar-refractivity contribution in [2.45, 2.75) is 0 Å². The van der Waals surface area contributed by atoms with Crippen LogP contribution < -0.4 is 0 Å². The number of nitriles is 1. The van der Waals surface area contributed by atoms with E-state index < -0.39 is 0 Å². The zero-order valence-corrected chi connectivity index (χ0v) is 22.8. The summed E-state index contributed by atoms with van der Waals surface area (Å²) in [6.45, 7) is 0. The number of benzene rings is 6. The first-order valence-electron chi connectivity index (χ1n) is 13.6. The fourth-order valence-corrected chi connectivity index (χ4v) is 5.01. The molecular weight excluding hydrogens is 512 g/mol. The molecule has 0 saturated carbocycles. The minimum Gasteiger partial charge on any atom is -0.282 e. The van der Waals surface area contributed by atoms with E-state index >= 15 is 0 Å². The van der Waals surface area contributed by atoms with E-state index in [9.17, 15) is 5.26 Å². The summed E-state index contributed by atoms with van der Waals surface area (Å²) < 4.78 is 0. The van der Waals surface area contributed by atoms with Crippen molar-refractivity contribution >= 4 is 28.7 Å². The topological polar surface area (TPSA) is 72.4 Å². The smallest absolute Gasteiger partial charge is 0.161 e. The predicted molar refractivity (Wildman–Crippen MR) is 173 cm³/mol. The van der Waals surface area contributed by atoms with Gasteiger partial charge >= 0.3 is 0 Å². The van der Waals surface area contributed by atoms with Gasteiger partial charge in [-0.25, -0.2) is 9.98 Å². The van der Waals surface area contributed by atoms with Crippen LogP contribution in [0.25, 0.3) is 33.0 Å². The van der Waals surface area contributed by atoms with Gasteiger partial charge in [0.2, 0.25) is 0 Å². The number of hydrogen-bond acceptors (Lipinski definition) is 2. The van der Waals surface area contributed by atoms with Crippen molar-refractivity contribution < 1.29 is 0 Å². The Labute approximate surface area is 245 Å². The van der Waals surface area contributed by atoms with Crippen molar-refractivity contribution in [3.63, 3.8) is 0 Å². The molecule has 1 N–H and O–H groups in total. The lowest BCUT2D eigenvalue weighted by Gasteiger charge is -2.13. The molecule has 0 unspecified atom stereocenters. The average Bonchev–Trinajstić information content (AvgIpc) is 3.07. The van der Waals surface area contributed by atoms with Crippen LogP contribution >= 0.6 is 0 Å². The predicted octanol–water partition coefficient (Wildman–Crippen LogP) is 8.94. The van der Waals surface area contributed by atoms with Gasteiger partial charge in [0.05, 0.1) is 11.6 Å². The molecule has 0 aliphatic carbocycles. The van der Waals surface area contributed by atoms with Crippen LogP contribution in [0.5, 0.6) is 0 Å². The Hall–Kier alpha value is -5.92. The molecule has 0 aromatic heterocycles. The second-order valence-electron chi connectivity index (χ2n) is 9.76. The van der Waals surface area contributed by atoms with Crippen molar-refractivity contribution in [2.24, 2.45) is 9.98 Å². The van der Waals surface area contributed by atoms with E-state index in [2.05, 4.69) is 47.5 Å². The van der Waals surface area contributed by atoms with Crippen LogP contribution in [0.2, 0.25) is 0 Å². The average molecular weight is 539 g/mol. The number of nitrogens with one attached hydrogen (secondary N) is 1. The Morgan fingerprint density at radius 1 is 0.571 bits per heavy atom. The number of amidine groups is 2. The Morgan fingerprint density at radius 3 is 1.88 bits per heavy atom. The maximum Gasteiger partial charge on any atom is 0.161 e. The first-order chi connectivity index (χ1) is 20.7. The van der Waals surface area contributed by atoms with Crippen LogP contribution in [0.1, 0.15) is 22.3 Å². The number of fused-ring (bicyclic) bond motifs is 1. The van der Waals surface area contributed by atoms with Gasteiger partial charge in [-0.2, -0.15) is 5.26 Å². The number of nitrogens with zero attached hydrogens (tertiary/aromatic N) is 3. The molecule has 6 aromatic rings.